The van der Waals surface area contributed by atoms with E-state index in [9.17, 15) is 9.59 Å². The van der Waals surface area contributed by atoms with Gasteiger partial charge < -0.3 is 14.9 Å². The summed E-state index contributed by atoms with van der Waals surface area (Å²) in [5.41, 5.74) is 0. The van der Waals surface area contributed by atoms with Crippen LogP contribution < -0.4 is 0 Å². The third-order valence-corrected chi connectivity index (χ3v) is 4.98. The highest BCUT2D eigenvalue weighted by Crippen LogP contribution is 2.25. The standard InChI is InChI=1S/C16H28N2O3/c1-17(14-7-3-2-4-8-14)16(21)18-11-5-6-13(12-18)9-10-15(19)20/h13-14H,2-12H2,1H3,(H,19,20). The van der Waals surface area contributed by atoms with Gasteiger partial charge in [0.05, 0.1) is 0 Å². The van der Waals surface area contributed by atoms with Gasteiger partial charge in [-0.1, -0.05) is 19.3 Å². The van der Waals surface area contributed by atoms with Crippen LogP contribution in [0.15, 0.2) is 0 Å². The molecule has 0 spiro atoms. The Morgan fingerprint density at radius 2 is 1.86 bits per heavy atom. The van der Waals surface area contributed by atoms with E-state index >= 15 is 0 Å². The highest BCUT2D eigenvalue weighted by atomic mass is 16.4. The number of likely N-dealkylation sites (tertiary alicyclic amines) is 1. The first-order valence-electron chi connectivity index (χ1n) is 8.31. The first kappa shape index (κ1) is 16.1. The van der Waals surface area contributed by atoms with E-state index in [1.54, 1.807) is 0 Å². The molecule has 1 N–H and O–H groups in total. The molecule has 2 aliphatic rings. The maximum Gasteiger partial charge on any atom is 0.319 e. The molecule has 1 aliphatic heterocycles. The fourth-order valence-electron chi connectivity index (χ4n) is 3.65. The van der Waals surface area contributed by atoms with Crippen LogP contribution in [0.3, 0.4) is 0 Å². The van der Waals surface area contributed by atoms with Gasteiger partial charge in [0.1, 0.15) is 0 Å². The Hall–Kier alpha value is -1.26. The normalized spacial score (nSPS) is 23.9. The van der Waals surface area contributed by atoms with Crippen molar-refractivity contribution in [2.45, 2.75) is 63.8 Å². The van der Waals surface area contributed by atoms with E-state index in [1.807, 2.05) is 16.8 Å². The largest absolute Gasteiger partial charge is 0.481 e. The Morgan fingerprint density at radius 1 is 1.14 bits per heavy atom. The van der Waals surface area contributed by atoms with Gasteiger partial charge in [-0.05, 0) is 38.0 Å². The van der Waals surface area contributed by atoms with Gasteiger partial charge >= 0.3 is 12.0 Å². The molecule has 0 bridgehead atoms. The number of piperidine rings is 1. The molecule has 1 aliphatic carbocycles. The van der Waals surface area contributed by atoms with Gasteiger partial charge in [-0.3, -0.25) is 4.79 Å². The van der Waals surface area contributed by atoms with Crippen molar-refractivity contribution in [3.8, 4) is 0 Å². The first-order chi connectivity index (χ1) is 10.1. The van der Waals surface area contributed by atoms with Crippen molar-refractivity contribution in [2.24, 2.45) is 5.92 Å². The maximum atomic E-state index is 12.6. The number of rotatable bonds is 4. The molecule has 2 rings (SSSR count). The summed E-state index contributed by atoms with van der Waals surface area (Å²) in [6.45, 7) is 1.54. The molecule has 5 heteroatoms. The minimum atomic E-state index is -0.738. The molecule has 1 unspecified atom stereocenters. The van der Waals surface area contributed by atoms with Gasteiger partial charge in [0.15, 0.2) is 0 Å². The van der Waals surface area contributed by atoms with Crippen LogP contribution in [0.2, 0.25) is 0 Å². The van der Waals surface area contributed by atoms with Crippen LogP contribution in [0.1, 0.15) is 57.8 Å². The SMILES string of the molecule is CN(C(=O)N1CCCC(CCC(=O)O)C1)C1CCCCC1. The summed E-state index contributed by atoms with van der Waals surface area (Å²) in [5.74, 6) is -0.392. The van der Waals surface area contributed by atoms with Crippen LogP contribution in [0.25, 0.3) is 0 Å². The Kier molecular flexibility index (Phi) is 5.88. The monoisotopic (exact) mass is 296 g/mol. The average Bonchev–Trinajstić information content (AvgIpc) is 2.52. The van der Waals surface area contributed by atoms with Crippen molar-refractivity contribution in [1.82, 2.24) is 9.80 Å². The zero-order chi connectivity index (χ0) is 15.2. The summed E-state index contributed by atoms with van der Waals surface area (Å²) in [4.78, 5) is 27.2. The molecule has 21 heavy (non-hydrogen) atoms. The number of hydrogen-bond acceptors (Lipinski definition) is 2. The molecule has 1 heterocycles. The highest BCUT2D eigenvalue weighted by Gasteiger charge is 2.29. The number of hydrogen-bond donors (Lipinski definition) is 1. The topological polar surface area (TPSA) is 60.9 Å². The zero-order valence-corrected chi connectivity index (χ0v) is 13.1. The van der Waals surface area contributed by atoms with Crippen LogP contribution in [0, 0.1) is 5.92 Å². The van der Waals surface area contributed by atoms with E-state index in [0.29, 0.717) is 18.4 Å². The summed E-state index contributed by atoms with van der Waals surface area (Å²) in [6, 6.07) is 0.535. The predicted octanol–water partition coefficient (Wildman–Crippen LogP) is 2.95. The Balaban J connectivity index is 1.84. The molecule has 2 amide bonds. The molecule has 1 saturated heterocycles. The lowest BCUT2D eigenvalue weighted by molar-refractivity contribution is -0.137. The molecule has 1 atom stereocenters. The van der Waals surface area contributed by atoms with Crippen LogP contribution in [-0.4, -0.2) is 53.1 Å². The minimum Gasteiger partial charge on any atom is -0.481 e. The number of amides is 2. The summed E-state index contributed by atoms with van der Waals surface area (Å²) in [6.07, 6.45) is 8.93. The van der Waals surface area contributed by atoms with E-state index in [4.69, 9.17) is 5.11 Å². The van der Waals surface area contributed by atoms with Crippen LogP contribution in [0.4, 0.5) is 4.79 Å². The van der Waals surface area contributed by atoms with Crippen molar-refractivity contribution in [2.75, 3.05) is 20.1 Å². The number of carboxylic acids is 1. The summed E-state index contributed by atoms with van der Waals surface area (Å²) >= 11 is 0. The second-order valence-corrected chi connectivity index (χ2v) is 6.57. The second kappa shape index (κ2) is 7.66. The lowest BCUT2D eigenvalue weighted by atomic mass is 9.93. The van der Waals surface area contributed by atoms with Crippen molar-refractivity contribution < 1.29 is 14.7 Å². The number of aliphatic carboxylic acids is 1. The zero-order valence-electron chi connectivity index (χ0n) is 13.1. The van der Waals surface area contributed by atoms with E-state index in [0.717, 1.165) is 38.8 Å². The van der Waals surface area contributed by atoms with Gasteiger partial charge in [0.2, 0.25) is 0 Å². The van der Waals surface area contributed by atoms with E-state index in [2.05, 4.69) is 0 Å². The Morgan fingerprint density at radius 3 is 2.52 bits per heavy atom. The van der Waals surface area contributed by atoms with Gasteiger partial charge in [-0.15, -0.1) is 0 Å². The van der Waals surface area contributed by atoms with Crippen LogP contribution in [-0.2, 0) is 4.79 Å². The van der Waals surface area contributed by atoms with Gasteiger partial charge in [-0.25, -0.2) is 4.79 Å². The first-order valence-corrected chi connectivity index (χ1v) is 8.31. The molecule has 0 radical (unpaired) electrons. The third-order valence-electron chi connectivity index (χ3n) is 4.98. The molecular formula is C16H28N2O3. The lowest BCUT2D eigenvalue weighted by Gasteiger charge is -2.39. The lowest BCUT2D eigenvalue weighted by Crippen LogP contribution is -2.49. The summed E-state index contributed by atoms with van der Waals surface area (Å²) in [7, 11) is 1.93. The summed E-state index contributed by atoms with van der Waals surface area (Å²) in [5, 5.41) is 8.79. The maximum absolute atomic E-state index is 12.6. The number of urea groups is 1. The van der Waals surface area contributed by atoms with Crippen molar-refractivity contribution in [3.05, 3.63) is 0 Å². The Labute approximate surface area is 127 Å². The number of nitrogens with zero attached hydrogens (tertiary/aromatic N) is 2. The van der Waals surface area contributed by atoms with E-state index in [-0.39, 0.29) is 12.5 Å². The summed E-state index contributed by atoms with van der Waals surface area (Å²) < 4.78 is 0. The van der Waals surface area contributed by atoms with Crippen LogP contribution in [0.5, 0.6) is 0 Å². The van der Waals surface area contributed by atoms with E-state index < -0.39 is 5.97 Å². The minimum absolute atomic E-state index is 0.141. The molecular weight excluding hydrogens is 268 g/mol. The average molecular weight is 296 g/mol. The molecule has 0 aromatic heterocycles. The fourth-order valence-corrected chi connectivity index (χ4v) is 3.65. The number of carbonyl (C=O) groups excluding carboxylic acids is 1. The van der Waals surface area contributed by atoms with E-state index in [1.165, 1.54) is 19.3 Å². The molecule has 5 nitrogen and oxygen atoms in total. The van der Waals surface area contributed by atoms with Crippen LogP contribution >= 0.6 is 0 Å². The van der Waals surface area contributed by atoms with Gasteiger partial charge in [-0.2, -0.15) is 0 Å². The highest BCUT2D eigenvalue weighted by molar-refractivity contribution is 5.74. The fraction of sp³-hybridized carbons (Fsp3) is 0.875. The smallest absolute Gasteiger partial charge is 0.319 e. The second-order valence-electron chi connectivity index (χ2n) is 6.57. The van der Waals surface area contributed by atoms with Crippen molar-refractivity contribution in [1.29, 1.82) is 0 Å². The third kappa shape index (κ3) is 4.61. The van der Waals surface area contributed by atoms with Crippen molar-refractivity contribution >= 4 is 12.0 Å². The van der Waals surface area contributed by atoms with Gasteiger partial charge in [0, 0.05) is 32.6 Å². The molecule has 1 saturated carbocycles. The predicted molar refractivity (Wildman–Crippen MR) is 81.2 cm³/mol. The molecule has 2 fully saturated rings. The molecule has 120 valence electrons. The molecule has 0 aromatic rings. The quantitative estimate of drug-likeness (QED) is 0.867. The number of carbonyl (C=O) groups is 2. The van der Waals surface area contributed by atoms with Crippen molar-refractivity contribution in [3.63, 3.8) is 0 Å². The van der Waals surface area contributed by atoms with Gasteiger partial charge in [0.25, 0.3) is 0 Å². The Bertz CT molecular complexity index is 367. The molecule has 0 aromatic carbocycles. The number of carboxylic acid groups (broad SMARTS) is 1.